The molecule has 4 heterocycles. The first-order chi connectivity index (χ1) is 15.2. The molecule has 0 spiro atoms. The molecule has 8 nitrogen and oxygen atoms in total. The maximum absolute atomic E-state index is 14.5. The molecule has 0 bridgehead atoms. The normalized spacial score (nSPS) is 25.1. The van der Waals surface area contributed by atoms with Gasteiger partial charge in [-0.15, -0.1) is 0 Å². The molecular formula is C22H35FN6O2. The Morgan fingerprint density at radius 3 is 2.55 bits per heavy atom. The smallest absolute Gasteiger partial charge is 0.227 e. The third kappa shape index (κ3) is 6.04. The number of nitrogens with one attached hydrogen (secondary N) is 1. The molecule has 3 saturated heterocycles. The van der Waals surface area contributed by atoms with Crippen LogP contribution in [0.3, 0.4) is 0 Å². The summed E-state index contributed by atoms with van der Waals surface area (Å²) >= 11 is 0. The number of aromatic nitrogens is 2. The van der Waals surface area contributed by atoms with Gasteiger partial charge < -0.3 is 19.9 Å². The van der Waals surface area contributed by atoms with Gasteiger partial charge in [-0.1, -0.05) is 6.42 Å². The maximum atomic E-state index is 14.5. The Morgan fingerprint density at radius 2 is 1.71 bits per heavy atom. The number of fused-ring (bicyclic) bond motifs is 1. The summed E-state index contributed by atoms with van der Waals surface area (Å²) in [5.41, 5.74) is 0. The first-order valence-corrected chi connectivity index (χ1v) is 11.8. The number of carbonyl (C=O) groups excluding carboxylic acids is 1. The van der Waals surface area contributed by atoms with E-state index in [-0.39, 0.29) is 11.7 Å². The van der Waals surface area contributed by atoms with Crippen molar-refractivity contribution in [1.82, 2.24) is 20.2 Å². The molecule has 3 aliphatic rings. The quantitative estimate of drug-likeness (QED) is 0.761. The highest BCUT2D eigenvalue weighted by atomic mass is 19.1. The maximum Gasteiger partial charge on any atom is 0.227 e. The van der Waals surface area contributed by atoms with Crippen molar-refractivity contribution in [3.8, 4) is 0 Å². The minimum Gasteiger partial charge on any atom is -0.378 e. The fourth-order valence-electron chi connectivity index (χ4n) is 4.80. The molecule has 1 atom stereocenters. The van der Waals surface area contributed by atoms with Crippen LogP contribution in [0, 0.1) is 5.82 Å². The number of hydrogen-bond donors (Lipinski definition) is 1. The number of amides is 1. The van der Waals surface area contributed by atoms with Gasteiger partial charge in [0.05, 0.1) is 19.4 Å². The molecule has 1 amide bonds. The molecule has 3 fully saturated rings. The Balaban J connectivity index is 1.44. The summed E-state index contributed by atoms with van der Waals surface area (Å²) in [6, 6.07) is 0.377. The molecule has 4 rings (SSSR count). The number of morpholine rings is 1. The highest BCUT2D eigenvalue weighted by Crippen LogP contribution is 2.22. The molecule has 31 heavy (non-hydrogen) atoms. The molecule has 1 N–H and O–H groups in total. The summed E-state index contributed by atoms with van der Waals surface area (Å²) in [4.78, 5) is 27.9. The van der Waals surface area contributed by atoms with Gasteiger partial charge in [-0.3, -0.25) is 9.69 Å². The largest absolute Gasteiger partial charge is 0.378 e. The van der Waals surface area contributed by atoms with Crippen LogP contribution in [-0.2, 0) is 9.53 Å². The van der Waals surface area contributed by atoms with Crippen LogP contribution in [-0.4, -0.2) is 85.8 Å². The van der Waals surface area contributed by atoms with E-state index in [0.29, 0.717) is 57.1 Å². The fourth-order valence-corrected chi connectivity index (χ4v) is 4.80. The van der Waals surface area contributed by atoms with Crippen molar-refractivity contribution in [1.29, 1.82) is 0 Å². The van der Waals surface area contributed by atoms with E-state index < -0.39 is 0 Å². The van der Waals surface area contributed by atoms with Crippen molar-refractivity contribution in [2.24, 2.45) is 0 Å². The lowest BCUT2D eigenvalue weighted by atomic mass is 9.98. The van der Waals surface area contributed by atoms with Gasteiger partial charge in [-0.25, -0.2) is 9.37 Å². The van der Waals surface area contributed by atoms with E-state index in [9.17, 15) is 9.18 Å². The molecule has 0 aliphatic carbocycles. The number of anilines is 2. The van der Waals surface area contributed by atoms with Crippen molar-refractivity contribution < 1.29 is 13.9 Å². The van der Waals surface area contributed by atoms with Crippen molar-refractivity contribution in [2.75, 3.05) is 68.8 Å². The minimum atomic E-state index is -0.389. The fraction of sp³-hybridized carbons (Fsp3) is 0.773. The number of hydrogen-bond acceptors (Lipinski definition) is 7. The van der Waals surface area contributed by atoms with Crippen LogP contribution < -0.4 is 15.1 Å². The van der Waals surface area contributed by atoms with Gasteiger partial charge in [0.15, 0.2) is 11.6 Å². The molecule has 9 heteroatoms. The monoisotopic (exact) mass is 434 g/mol. The number of ether oxygens (including phenoxy) is 1. The highest BCUT2D eigenvalue weighted by Gasteiger charge is 2.25. The third-order valence-electron chi connectivity index (χ3n) is 6.53. The highest BCUT2D eigenvalue weighted by molar-refractivity contribution is 5.76. The Labute approximate surface area is 184 Å². The van der Waals surface area contributed by atoms with Gasteiger partial charge in [0.2, 0.25) is 11.9 Å². The summed E-state index contributed by atoms with van der Waals surface area (Å²) < 4.78 is 19.8. The predicted octanol–water partition coefficient (Wildman–Crippen LogP) is 1.80. The molecule has 1 aromatic heterocycles. The van der Waals surface area contributed by atoms with Crippen LogP contribution in [0.1, 0.15) is 44.9 Å². The minimum absolute atomic E-state index is 0.148. The molecule has 1 aromatic rings. The second kappa shape index (κ2) is 11.0. The van der Waals surface area contributed by atoms with E-state index in [1.54, 1.807) is 0 Å². The zero-order chi connectivity index (χ0) is 21.5. The summed E-state index contributed by atoms with van der Waals surface area (Å²) in [7, 11) is 0. The van der Waals surface area contributed by atoms with Gasteiger partial charge in [0.25, 0.3) is 0 Å². The van der Waals surface area contributed by atoms with Gasteiger partial charge >= 0.3 is 0 Å². The molecule has 0 aromatic carbocycles. The summed E-state index contributed by atoms with van der Waals surface area (Å²) in [5.74, 6) is 0.691. The number of halogens is 1. The first kappa shape index (κ1) is 22.2. The van der Waals surface area contributed by atoms with E-state index in [2.05, 4.69) is 25.1 Å². The van der Waals surface area contributed by atoms with Crippen LogP contribution in [0.15, 0.2) is 6.20 Å². The second-order valence-electron chi connectivity index (χ2n) is 8.73. The molecule has 1 unspecified atom stereocenters. The third-order valence-corrected chi connectivity index (χ3v) is 6.53. The van der Waals surface area contributed by atoms with E-state index in [4.69, 9.17) is 4.74 Å². The van der Waals surface area contributed by atoms with E-state index >= 15 is 0 Å². The Kier molecular flexibility index (Phi) is 7.91. The van der Waals surface area contributed by atoms with Crippen LogP contribution in [0.25, 0.3) is 0 Å². The summed E-state index contributed by atoms with van der Waals surface area (Å²) in [6.07, 6.45) is 8.36. The molecule has 3 aliphatic heterocycles. The van der Waals surface area contributed by atoms with Gasteiger partial charge in [-0.2, -0.15) is 4.98 Å². The SMILES string of the molecule is O=C1CC2CCCCN2CCCCN(c2ncc(F)c(N3CCOCC3)n2)CCCN1. The van der Waals surface area contributed by atoms with Crippen LogP contribution in [0.5, 0.6) is 0 Å². The Morgan fingerprint density at radius 1 is 0.968 bits per heavy atom. The summed E-state index contributed by atoms with van der Waals surface area (Å²) in [6.45, 7) is 6.76. The van der Waals surface area contributed by atoms with E-state index in [1.165, 1.54) is 19.0 Å². The van der Waals surface area contributed by atoms with Crippen molar-refractivity contribution in [3.05, 3.63) is 12.0 Å². The Bertz CT molecular complexity index is 730. The lowest BCUT2D eigenvalue weighted by Gasteiger charge is -2.35. The number of piperidine rings is 1. The predicted molar refractivity (Wildman–Crippen MR) is 118 cm³/mol. The number of nitrogens with zero attached hydrogens (tertiary/aromatic N) is 5. The van der Waals surface area contributed by atoms with Crippen LogP contribution in [0.4, 0.5) is 16.2 Å². The Hall–Kier alpha value is -2.00. The molecule has 0 radical (unpaired) electrons. The lowest BCUT2D eigenvalue weighted by Crippen LogP contribution is -2.43. The average Bonchev–Trinajstić information content (AvgIpc) is 2.81. The zero-order valence-corrected chi connectivity index (χ0v) is 18.4. The van der Waals surface area contributed by atoms with Gasteiger partial charge in [0, 0.05) is 45.2 Å². The number of carbonyl (C=O) groups is 1. The van der Waals surface area contributed by atoms with Crippen molar-refractivity contribution >= 4 is 17.7 Å². The van der Waals surface area contributed by atoms with Crippen molar-refractivity contribution in [2.45, 2.75) is 51.0 Å². The van der Waals surface area contributed by atoms with Crippen LogP contribution in [0.2, 0.25) is 0 Å². The molecule has 0 saturated carbocycles. The lowest BCUT2D eigenvalue weighted by molar-refractivity contribution is -0.122. The second-order valence-corrected chi connectivity index (χ2v) is 8.73. The molecule has 172 valence electrons. The number of rotatable bonds is 2. The van der Waals surface area contributed by atoms with Gasteiger partial charge in [0.1, 0.15) is 0 Å². The topological polar surface area (TPSA) is 73.8 Å². The zero-order valence-electron chi connectivity index (χ0n) is 18.4. The average molecular weight is 435 g/mol. The van der Waals surface area contributed by atoms with Crippen molar-refractivity contribution in [3.63, 3.8) is 0 Å². The van der Waals surface area contributed by atoms with E-state index in [0.717, 1.165) is 51.9 Å². The molecular weight excluding hydrogens is 399 g/mol. The van der Waals surface area contributed by atoms with Gasteiger partial charge in [-0.05, 0) is 45.2 Å². The van der Waals surface area contributed by atoms with E-state index in [1.807, 2.05) is 4.90 Å². The standard InChI is InChI=1S/C22H35FN6O2/c23-19-17-25-22(26-21(19)28-12-14-31-15-13-28)29-10-4-3-9-27-8-2-1-6-18(27)16-20(30)24-7-5-11-29/h17-18H,1-16H2,(H,24,30). The summed E-state index contributed by atoms with van der Waals surface area (Å²) in [5, 5.41) is 3.08. The van der Waals surface area contributed by atoms with Crippen LogP contribution >= 0.6 is 0 Å². The first-order valence-electron chi connectivity index (χ1n) is 11.8.